The largest absolute Gasteiger partial charge is 0.496 e. The van der Waals surface area contributed by atoms with Gasteiger partial charge in [0.25, 0.3) is 0 Å². The smallest absolute Gasteiger partial charge is 0.490 e. The molecule has 6 aliphatic rings. The average Bonchev–Trinajstić information content (AvgIpc) is 3.98. The molecule has 1 spiro atoms. The van der Waals surface area contributed by atoms with Crippen molar-refractivity contribution in [3.8, 4) is 5.75 Å². The minimum atomic E-state index is -5.08. The van der Waals surface area contributed by atoms with Gasteiger partial charge in [0.2, 0.25) is 12.0 Å². The number of methoxy groups -OCH3 is 3. The number of carbonyl (C=O) groups is 5. The number of halogens is 3. The number of H-pyrrole nitrogens is 1. The van der Waals surface area contributed by atoms with Gasteiger partial charge in [-0.2, -0.15) is 13.2 Å². The molecule has 5 aliphatic heterocycles. The Kier molecular flexibility index (Phi) is 12.1. The van der Waals surface area contributed by atoms with Crippen LogP contribution in [0.15, 0.2) is 48.6 Å². The number of amides is 1. The maximum absolute atomic E-state index is 15.3. The van der Waals surface area contributed by atoms with Crippen LogP contribution in [-0.4, -0.2) is 150 Å². The summed E-state index contributed by atoms with van der Waals surface area (Å²) in [6, 6.07) is 9.97. The number of rotatable bonds is 8. The molecule has 362 valence electrons. The predicted molar refractivity (Wildman–Crippen MR) is 234 cm³/mol. The number of ether oxygens (including phenoxy) is 4. The number of aliphatic carboxylic acids is 1. The standard InChI is InChI=1S/C46H56N4O10.C2HF3O2/c1-7-42(55)22-28-23-45(40(53)58-5,36-30(14-18-48(24-28)25-42)29-12-9-10-13-33(29)47-36)32-20-31-34(21-35(32)57-4)50(26-51)38-44(31)16-19-49-17-11-15-43(8-2,37(44)49)39(60-27(3)52)46(38,56)41(54)59-6;3-2(4,5)1(6)7/h9-13,15,20-21,26,28,37-39,47,55-56H,7-8,14,16-19,22-25H2,1-6H3;(H,6,7)/t28-,37+,38-,39-,42+,43-,44-,45+,46+;/m1./s1. The van der Waals surface area contributed by atoms with Crippen LogP contribution in [0, 0.1) is 11.3 Å². The van der Waals surface area contributed by atoms with E-state index in [1.54, 1.807) is 6.07 Å². The Bertz CT molecular complexity index is 2530. The zero-order valence-electron chi connectivity index (χ0n) is 38.3. The molecule has 1 aliphatic carbocycles. The van der Waals surface area contributed by atoms with Crippen LogP contribution in [0.1, 0.15) is 75.3 Å². The van der Waals surface area contributed by atoms with Crippen LogP contribution in [0.2, 0.25) is 0 Å². The zero-order valence-corrected chi connectivity index (χ0v) is 38.3. The lowest BCUT2D eigenvalue weighted by atomic mass is 9.47. The van der Waals surface area contributed by atoms with E-state index in [9.17, 15) is 37.8 Å². The first kappa shape index (κ1) is 48.0. The SMILES string of the molecule is CC[C@]1(O)C[C@H]2CN(CCc3c([nH]c4ccccc34)[C@@](C(=O)OC)(c3cc4c(cc3OC)N(C=O)[C@H]3[C@@](O)(C(=O)OC)[C@H](OC(C)=O)[C@]5(CC)C=CCN6CC[C@]43[C@@H]65)C2)C1.O=C(O)C(F)(F)F. The third-order valence-corrected chi connectivity index (χ3v) is 15.7. The van der Waals surface area contributed by atoms with Crippen LogP contribution in [0.25, 0.3) is 10.9 Å². The molecule has 19 heteroatoms. The quantitative estimate of drug-likeness (QED) is 0.108. The number of aromatic nitrogens is 1. The lowest BCUT2D eigenvalue weighted by Crippen LogP contribution is -2.81. The van der Waals surface area contributed by atoms with Crippen LogP contribution >= 0.6 is 0 Å². The molecule has 1 unspecified atom stereocenters. The molecule has 3 fully saturated rings. The van der Waals surface area contributed by atoms with Gasteiger partial charge in [-0.25, -0.2) is 9.59 Å². The number of nitrogens with one attached hydrogen (secondary N) is 1. The van der Waals surface area contributed by atoms with Crippen molar-refractivity contribution in [3.05, 3.63) is 70.9 Å². The zero-order chi connectivity index (χ0) is 48.6. The number of carboxylic acid groups (broad SMARTS) is 1. The van der Waals surface area contributed by atoms with Gasteiger partial charge in [-0.3, -0.25) is 24.2 Å². The fourth-order valence-corrected chi connectivity index (χ4v) is 13.4. The molecule has 6 heterocycles. The van der Waals surface area contributed by atoms with Crippen molar-refractivity contribution in [1.82, 2.24) is 14.8 Å². The first-order chi connectivity index (χ1) is 31.7. The third-order valence-electron chi connectivity index (χ3n) is 15.7. The first-order valence-corrected chi connectivity index (χ1v) is 22.5. The fraction of sp³-hybridized carbons (Fsp3) is 0.562. The number of para-hydroxylation sites is 1. The van der Waals surface area contributed by atoms with E-state index in [0.717, 1.165) is 16.5 Å². The monoisotopic (exact) mass is 938 g/mol. The number of carbonyl (C=O) groups excluding carboxylic acids is 4. The molecule has 0 radical (unpaired) electrons. The van der Waals surface area contributed by atoms with Crippen molar-refractivity contribution < 1.29 is 71.4 Å². The lowest BCUT2D eigenvalue weighted by molar-refractivity contribution is -0.228. The molecule has 2 aromatic carbocycles. The summed E-state index contributed by atoms with van der Waals surface area (Å²) in [6.07, 6.45) is 0.750. The Morgan fingerprint density at radius 3 is 2.27 bits per heavy atom. The van der Waals surface area contributed by atoms with E-state index in [0.29, 0.717) is 99.5 Å². The third kappa shape index (κ3) is 6.96. The van der Waals surface area contributed by atoms with Crippen molar-refractivity contribution in [1.29, 1.82) is 0 Å². The molecule has 2 saturated heterocycles. The predicted octanol–water partition coefficient (Wildman–Crippen LogP) is 4.15. The lowest BCUT2D eigenvalue weighted by Gasteiger charge is -2.63. The van der Waals surface area contributed by atoms with Crippen LogP contribution in [0.4, 0.5) is 18.9 Å². The highest BCUT2D eigenvalue weighted by atomic mass is 19.4. The molecule has 1 amide bonds. The number of hydrogen-bond donors (Lipinski definition) is 4. The molecule has 2 bridgehead atoms. The first-order valence-electron chi connectivity index (χ1n) is 22.5. The molecule has 67 heavy (non-hydrogen) atoms. The molecule has 3 aromatic rings. The number of aromatic amines is 1. The van der Waals surface area contributed by atoms with Crippen LogP contribution in [-0.2, 0) is 55.4 Å². The second-order valence-corrected chi connectivity index (χ2v) is 18.9. The number of fused-ring (bicyclic) bond motifs is 6. The second kappa shape index (κ2) is 16.9. The summed E-state index contributed by atoms with van der Waals surface area (Å²) in [5.41, 5.74) is -3.15. The van der Waals surface area contributed by atoms with E-state index in [1.807, 2.05) is 50.3 Å². The number of anilines is 1. The van der Waals surface area contributed by atoms with Gasteiger partial charge < -0.3 is 44.2 Å². The van der Waals surface area contributed by atoms with Crippen molar-refractivity contribution in [2.75, 3.05) is 59.0 Å². The van der Waals surface area contributed by atoms with Gasteiger partial charge in [0.05, 0.1) is 38.7 Å². The van der Waals surface area contributed by atoms with Gasteiger partial charge in [-0.1, -0.05) is 44.2 Å². The molecule has 1 saturated carbocycles. The fourth-order valence-electron chi connectivity index (χ4n) is 13.4. The number of hydrogen-bond acceptors (Lipinski definition) is 13. The molecule has 16 nitrogen and oxygen atoms in total. The maximum Gasteiger partial charge on any atom is 0.490 e. The number of piperidine rings is 1. The minimum Gasteiger partial charge on any atom is -0.496 e. The number of benzene rings is 2. The molecular weight excluding hydrogens is 882 g/mol. The molecular formula is C48H57F3N4O12. The number of esters is 3. The molecule has 10 atom stereocenters. The topological polar surface area (TPSA) is 208 Å². The van der Waals surface area contributed by atoms with Gasteiger partial charge in [-0.15, -0.1) is 0 Å². The van der Waals surface area contributed by atoms with E-state index in [4.69, 9.17) is 28.8 Å². The van der Waals surface area contributed by atoms with E-state index in [2.05, 4.69) is 20.9 Å². The van der Waals surface area contributed by atoms with Crippen LogP contribution < -0.4 is 9.64 Å². The number of nitrogens with zero attached hydrogens (tertiary/aromatic N) is 3. The van der Waals surface area contributed by atoms with Gasteiger partial charge in [0.15, 0.2) is 6.10 Å². The van der Waals surface area contributed by atoms with E-state index in [-0.39, 0.29) is 12.3 Å². The Balaban J connectivity index is 0.000000807. The second-order valence-electron chi connectivity index (χ2n) is 18.9. The molecule has 4 N–H and O–H groups in total. The van der Waals surface area contributed by atoms with E-state index >= 15 is 4.79 Å². The highest BCUT2D eigenvalue weighted by Gasteiger charge is 2.81. The Morgan fingerprint density at radius 2 is 1.66 bits per heavy atom. The normalized spacial score (nSPS) is 33.8. The number of carboxylic acids is 1. The summed E-state index contributed by atoms with van der Waals surface area (Å²) < 4.78 is 55.4. The summed E-state index contributed by atoms with van der Waals surface area (Å²) >= 11 is 0. The number of aliphatic hydroxyl groups is 2. The van der Waals surface area contributed by atoms with E-state index in [1.165, 1.54) is 33.2 Å². The van der Waals surface area contributed by atoms with Crippen molar-refractivity contribution in [2.24, 2.45) is 11.3 Å². The van der Waals surface area contributed by atoms with E-state index < -0.39 is 75.7 Å². The Labute approximate surface area is 384 Å². The number of alkyl halides is 3. The van der Waals surface area contributed by atoms with Crippen molar-refractivity contribution in [3.63, 3.8) is 0 Å². The van der Waals surface area contributed by atoms with Crippen LogP contribution in [0.5, 0.6) is 5.75 Å². The van der Waals surface area contributed by atoms with Gasteiger partial charge in [0, 0.05) is 78.2 Å². The molecule has 9 rings (SSSR count). The average molecular weight is 939 g/mol. The van der Waals surface area contributed by atoms with Crippen molar-refractivity contribution >= 4 is 46.9 Å². The Morgan fingerprint density at radius 1 is 0.955 bits per heavy atom. The molecule has 1 aromatic heterocycles. The summed E-state index contributed by atoms with van der Waals surface area (Å²) in [5.74, 6) is -4.82. The highest BCUT2D eigenvalue weighted by molar-refractivity contribution is 5.96. The summed E-state index contributed by atoms with van der Waals surface area (Å²) in [7, 11) is 4.09. The highest BCUT2D eigenvalue weighted by Crippen LogP contribution is 2.68. The maximum atomic E-state index is 15.3. The van der Waals surface area contributed by atoms with Gasteiger partial charge in [-0.05, 0) is 74.2 Å². The minimum absolute atomic E-state index is 0.155. The van der Waals surface area contributed by atoms with Gasteiger partial charge >= 0.3 is 30.1 Å². The summed E-state index contributed by atoms with van der Waals surface area (Å²) in [5, 5.41) is 33.4. The van der Waals surface area contributed by atoms with Gasteiger partial charge in [0.1, 0.15) is 11.2 Å². The Hall–Kier alpha value is -5.50. The van der Waals surface area contributed by atoms with Crippen LogP contribution in [0.3, 0.4) is 0 Å². The summed E-state index contributed by atoms with van der Waals surface area (Å²) in [6.45, 7) is 8.16. The van der Waals surface area contributed by atoms with Crippen molar-refractivity contribution in [2.45, 2.75) is 106 Å². The summed E-state index contributed by atoms with van der Waals surface area (Å²) in [4.78, 5) is 75.0.